The van der Waals surface area contributed by atoms with Gasteiger partial charge in [-0.05, 0) is 49.7 Å². The van der Waals surface area contributed by atoms with E-state index >= 15 is 0 Å². The second-order valence-corrected chi connectivity index (χ2v) is 8.11. The van der Waals surface area contributed by atoms with Crippen molar-refractivity contribution in [1.29, 1.82) is 0 Å². The first-order valence-electron chi connectivity index (χ1n) is 9.99. The Balaban J connectivity index is 1.32. The minimum absolute atomic E-state index is 0.183. The summed E-state index contributed by atoms with van der Waals surface area (Å²) in [7, 11) is 0. The van der Waals surface area contributed by atoms with Crippen molar-refractivity contribution in [3.05, 3.63) is 76.5 Å². The lowest BCUT2D eigenvalue weighted by atomic mass is 10.0. The molecule has 0 bridgehead atoms. The zero-order chi connectivity index (χ0) is 21.5. The molecule has 0 radical (unpaired) electrons. The van der Waals surface area contributed by atoms with E-state index in [1.807, 2.05) is 44.2 Å². The molecule has 1 amide bonds. The van der Waals surface area contributed by atoms with Crippen molar-refractivity contribution < 1.29 is 9.53 Å². The minimum atomic E-state index is -0.255. The summed E-state index contributed by atoms with van der Waals surface area (Å²) in [5.74, 6) is 0.548. The van der Waals surface area contributed by atoms with E-state index in [9.17, 15) is 4.79 Å². The van der Waals surface area contributed by atoms with Crippen LogP contribution in [0.15, 0.2) is 48.8 Å². The molecule has 4 aromatic rings. The first-order chi connectivity index (χ1) is 15.0. The number of ether oxygens (including phenoxy) is 1. The molecular weight excluding hydrogens is 414 g/mol. The summed E-state index contributed by atoms with van der Waals surface area (Å²) in [5, 5.41) is 7.97. The first-order valence-corrected chi connectivity index (χ1v) is 10.4. The van der Waals surface area contributed by atoms with E-state index in [1.165, 1.54) is 0 Å². The lowest BCUT2D eigenvalue weighted by molar-refractivity contribution is 0.0928. The maximum Gasteiger partial charge on any atom is 0.272 e. The van der Waals surface area contributed by atoms with E-state index in [2.05, 4.69) is 20.4 Å². The third-order valence-electron chi connectivity index (χ3n) is 5.31. The quantitative estimate of drug-likeness (QED) is 0.529. The van der Waals surface area contributed by atoms with Gasteiger partial charge in [-0.25, -0.2) is 9.50 Å². The van der Waals surface area contributed by atoms with E-state index in [-0.39, 0.29) is 12.0 Å². The van der Waals surface area contributed by atoms with E-state index in [1.54, 1.807) is 23.0 Å². The largest absolute Gasteiger partial charge is 0.487 e. The average Bonchev–Trinajstić information content (AvgIpc) is 3.36. The number of nitrogens with zero attached hydrogens (tertiary/aromatic N) is 4. The lowest BCUT2D eigenvalue weighted by Crippen LogP contribution is -2.34. The van der Waals surface area contributed by atoms with Crippen molar-refractivity contribution in [3.8, 4) is 16.9 Å². The zero-order valence-electron chi connectivity index (χ0n) is 17.1. The van der Waals surface area contributed by atoms with Gasteiger partial charge in [0, 0.05) is 52.4 Å². The van der Waals surface area contributed by atoms with Gasteiger partial charge in [0.2, 0.25) is 0 Å². The number of benzene rings is 1. The fraction of sp³-hybridized carbons (Fsp3) is 0.217. The molecule has 1 aliphatic heterocycles. The van der Waals surface area contributed by atoms with Gasteiger partial charge in [0.05, 0.1) is 6.54 Å². The lowest BCUT2D eigenvalue weighted by Gasteiger charge is -2.13. The normalized spacial score (nSPS) is 15.0. The zero-order valence-corrected chi connectivity index (χ0v) is 17.8. The number of pyridine rings is 1. The van der Waals surface area contributed by atoms with Crippen molar-refractivity contribution in [2.24, 2.45) is 0 Å². The Morgan fingerprint density at radius 1 is 1.23 bits per heavy atom. The molecule has 8 heteroatoms. The molecule has 0 aliphatic carbocycles. The Morgan fingerprint density at radius 3 is 2.84 bits per heavy atom. The molecular formula is C23H20ClN5O2. The summed E-state index contributed by atoms with van der Waals surface area (Å²) in [6, 6.07) is 11.3. The van der Waals surface area contributed by atoms with Crippen molar-refractivity contribution in [3.63, 3.8) is 0 Å². The van der Waals surface area contributed by atoms with Crippen LogP contribution >= 0.6 is 11.6 Å². The average molecular weight is 434 g/mol. The van der Waals surface area contributed by atoms with Crippen LogP contribution in [0.2, 0.25) is 5.02 Å². The summed E-state index contributed by atoms with van der Waals surface area (Å²) in [6.07, 6.45) is 3.96. The van der Waals surface area contributed by atoms with Crippen LogP contribution in [0.3, 0.4) is 0 Å². The SMILES string of the molecule is Cc1cc(C)n2nc(C(=O)NC[C@H]3Cc4cc(Cl)cc(-c5ccncc5)c4O3)cc2n1. The third-order valence-corrected chi connectivity index (χ3v) is 5.53. The molecule has 5 rings (SSSR count). The first kappa shape index (κ1) is 19.5. The van der Waals surface area contributed by atoms with Crippen LogP contribution in [0.25, 0.3) is 16.8 Å². The maximum absolute atomic E-state index is 12.7. The number of rotatable bonds is 4. The van der Waals surface area contributed by atoms with E-state index in [4.69, 9.17) is 16.3 Å². The second kappa shape index (κ2) is 7.67. The Hall–Kier alpha value is -3.45. The number of halogens is 1. The predicted octanol–water partition coefficient (Wildman–Crippen LogP) is 3.80. The summed E-state index contributed by atoms with van der Waals surface area (Å²) < 4.78 is 7.87. The molecule has 7 nitrogen and oxygen atoms in total. The predicted molar refractivity (Wildman–Crippen MR) is 118 cm³/mol. The van der Waals surface area contributed by atoms with Crippen LogP contribution in [-0.2, 0) is 6.42 Å². The van der Waals surface area contributed by atoms with Gasteiger partial charge in [-0.1, -0.05) is 11.6 Å². The molecule has 3 aromatic heterocycles. The smallest absolute Gasteiger partial charge is 0.272 e. The number of nitrogens with one attached hydrogen (secondary N) is 1. The standard InChI is InChI=1S/C23H20ClN5O2/c1-13-7-14(2)29-21(27-13)11-20(28-29)23(30)26-12-18-9-16-8-17(24)10-19(22(16)31-18)15-3-5-25-6-4-15/h3-8,10-11,18H,9,12H2,1-2H3,(H,26,30)/t18-/m1/s1. The molecule has 0 fully saturated rings. The van der Waals surface area contributed by atoms with Crippen LogP contribution in [-0.4, -0.2) is 38.1 Å². The van der Waals surface area contributed by atoms with Gasteiger partial charge in [0.1, 0.15) is 11.9 Å². The Labute approximate surface area is 184 Å². The Kier molecular flexibility index (Phi) is 4.82. The number of carbonyl (C=O) groups excluding carboxylic acids is 1. The van der Waals surface area contributed by atoms with Gasteiger partial charge in [-0.3, -0.25) is 9.78 Å². The topological polar surface area (TPSA) is 81.4 Å². The van der Waals surface area contributed by atoms with E-state index in [0.717, 1.165) is 33.8 Å². The molecule has 0 unspecified atom stereocenters. The number of carbonyl (C=O) groups is 1. The van der Waals surface area contributed by atoms with Crippen molar-refractivity contribution in [2.45, 2.75) is 26.4 Å². The van der Waals surface area contributed by atoms with Crippen LogP contribution in [0, 0.1) is 13.8 Å². The fourth-order valence-electron chi connectivity index (χ4n) is 3.95. The molecule has 156 valence electrons. The number of hydrogen-bond acceptors (Lipinski definition) is 5. The summed E-state index contributed by atoms with van der Waals surface area (Å²) >= 11 is 6.34. The molecule has 1 N–H and O–H groups in total. The van der Waals surface area contributed by atoms with Gasteiger partial charge >= 0.3 is 0 Å². The molecule has 0 saturated carbocycles. The molecule has 31 heavy (non-hydrogen) atoms. The van der Waals surface area contributed by atoms with Crippen LogP contribution in [0.1, 0.15) is 27.4 Å². The molecule has 4 heterocycles. The maximum atomic E-state index is 12.7. The summed E-state index contributed by atoms with van der Waals surface area (Å²) in [4.78, 5) is 21.2. The third kappa shape index (κ3) is 3.72. The van der Waals surface area contributed by atoms with E-state index < -0.39 is 0 Å². The van der Waals surface area contributed by atoms with Crippen LogP contribution in [0.5, 0.6) is 5.75 Å². The molecule has 0 spiro atoms. The van der Waals surface area contributed by atoms with Crippen molar-refractivity contribution >= 4 is 23.2 Å². The number of hydrogen-bond donors (Lipinski definition) is 1. The van der Waals surface area contributed by atoms with Gasteiger partial charge in [0.15, 0.2) is 11.3 Å². The number of amides is 1. The minimum Gasteiger partial charge on any atom is -0.487 e. The van der Waals surface area contributed by atoms with Gasteiger partial charge in [-0.15, -0.1) is 0 Å². The Bertz CT molecular complexity index is 1300. The molecule has 0 saturated heterocycles. The van der Waals surface area contributed by atoms with Gasteiger partial charge in [-0.2, -0.15) is 5.10 Å². The van der Waals surface area contributed by atoms with Crippen molar-refractivity contribution in [2.75, 3.05) is 6.54 Å². The highest BCUT2D eigenvalue weighted by molar-refractivity contribution is 6.31. The van der Waals surface area contributed by atoms with E-state index in [0.29, 0.717) is 29.3 Å². The van der Waals surface area contributed by atoms with Crippen molar-refractivity contribution in [1.82, 2.24) is 24.9 Å². The fourth-order valence-corrected chi connectivity index (χ4v) is 4.19. The monoisotopic (exact) mass is 433 g/mol. The number of aromatic nitrogens is 4. The molecule has 1 aliphatic rings. The highest BCUT2D eigenvalue weighted by Gasteiger charge is 2.27. The van der Waals surface area contributed by atoms with Gasteiger partial charge in [0.25, 0.3) is 5.91 Å². The highest BCUT2D eigenvalue weighted by atomic mass is 35.5. The summed E-state index contributed by atoms with van der Waals surface area (Å²) in [5.41, 5.74) is 5.74. The second-order valence-electron chi connectivity index (χ2n) is 7.67. The molecule has 1 aromatic carbocycles. The van der Waals surface area contributed by atoms with Crippen LogP contribution in [0.4, 0.5) is 0 Å². The molecule has 1 atom stereocenters. The highest BCUT2D eigenvalue weighted by Crippen LogP contribution is 2.40. The number of fused-ring (bicyclic) bond motifs is 2. The number of aryl methyl sites for hydroxylation is 2. The summed E-state index contributed by atoms with van der Waals surface area (Å²) in [6.45, 7) is 4.22. The van der Waals surface area contributed by atoms with Gasteiger partial charge < -0.3 is 10.1 Å². The van der Waals surface area contributed by atoms with Crippen LogP contribution < -0.4 is 10.1 Å². The Morgan fingerprint density at radius 2 is 2.03 bits per heavy atom.